The molecule has 0 aliphatic carbocycles. The van der Waals surface area contributed by atoms with Crippen LogP contribution in [0.25, 0.3) is 22.2 Å². The van der Waals surface area contributed by atoms with E-state index in [4.69, 9.17) is 9.15 Å². The maximum absolute atomic E-state index is 12.4. The topological polar surface area (TPSA) is 95.5 Å². The molecule has 7 nitrogen and oxygen atoms in total. The van der Waals surface area contributed by atoms with Crippen molar-refractivity contribution in [2.24, 2.45) is 0 Å². The number of non-ortho nitro benzene ring substituents is 1. The van der Waals surface area contributed by atoms with Crippen molar-refractivity contribution in [2.45, 2.75) is 0 Å². The highest BCUT2D eigenvalue weighted by atomic mass is 16.6. The van der Waals surface area contributed by atoms with Gasteiger partial charge in [0.2, 0.25) is 5.76 Å². The predicted molar refractivity (Wildman–Crippen MR) is 97.5 cm³/mol. The van der Waals surface area contributed by atoms with Crippen molar-refractivity contribution in [3.63, 3.8) is 0 Å². The average Bonchev–Trinajstić information content (AvgIpc) is 3.19. The summed E-state index contributed by atoms with van der Waals surface area (Å²) in [7, 11) is 0. The Bertz CT molecular complexity index is 1160. The maximum Gasteiger partial charge on any atom is 0.379 e. The first-order valence-corrected chi connectivity index (χ1v) is 8.02. The van der Waals surface area contributed by atoms with Crippen molar-refractivity contribution < 1.29 is 18.9 Å². The summed E-state index contributed by atoms with van der Waals surface area (Å²) < 4.78 is 11.0. The number of ether oxygens (including phenoxy) is 1. The third-order valence-electron chi connectivity index (χ3n) is 3.95. The smallest absolute Gasteiger partial charge is 0.379 e. The van der Waals surface area contributed by atoms with Crippen LogP contribution in [0.2, 0.25) is 0 Å². The van der Waals surface area contributed by atoms with Gasteiger partial charge in [-0.25, -0.2) is 4.79 Å². The lowest BCUT2D eigenvalue weighted by molar-refractivity contribution is -0.384. The molecular formula is C20H12N2O5. The molecule has 0 saturated carbocycles. The minimum Gasteiger partial charge on any atom is -0.449 e. The highest BCUT2D eigenvalue weighted by Crippen LogP contribution is 2.27. The highest BCUT2D eigenvalue weighted by Gasteiger charge is 2.17. The van der Waals surface area contributed by atoms with Gasteiger partial charge in [-0.15, -0.1) is 0 Å². The molecule has 0 bridgehead atoms. The zero-order valence-corrected chi connectivity index (χ0v) is 13.9. The number of aromatic nitrogens is 1. The first kappa shape index (κ1) is 16.5. The van der Waals surface area contributed by atoms with Crippen LogP contribution in [-0.4, -0.2) is 15.9 Å². The van der Waals surface area contributed by atoms with E-state index in [1.54, 1.807) is 42.6 Å². The number of nitro groups is 1. The molecule has 0 aliphatic rings. The molecule has 27 heavy (non-hydrogen) atoms. The van der Waals surface area contributed by atoms with E-state index in [1.165, 1.54) is 18.2 Å². The fourth-order valence-electron chi connectivity index (χ4n) is 2.68. The van der Waals surface area contributed by atoms with Gasteiger partial charge >= 0.3 is 5.97 Å². The Morgan fingerprint density at radius 3 is 2.70 bits per heavy atom. The van der Waals surface area contributed by atoms with Gasteiger partial charge in [-0.3, -0.25) is 15.1 Å². The average molecular weight is 360 g/mol. The van der Waals surface area contributed by atoms with E-state index < -0.39 is 10.9 Å². The minimum absolute atomic E-state index is 0.00978. The molecule has 0 N–H and O–H groups in total. The van der Waals surface area contributed by atoms with Gasteiger partial charge in [0.25, 0.3) is 5.69 Å². The number of rotatable bonds is 4. The molecule has 0 unspecified atom stereocenters. The maximum atomic E-state index is 12.4. The molecule has 2 aromatic heterocycles. The number of nitrogens with zero attached hydrogens (tertiary/aromatic N) is 2. The molecule has 0 aliphatic heterocycles. The van der Waals surface area contributed by atoms with Crippen LogP contribution in [0.15, 0.2) is 77.3 Å². The second-order valence-electron chi connectivity index (χ2n) is 5.69. The van der Waals surface area contributed by atoms with E-state index in [0.29, 0.717) is 22.6 Å². The lowest BCUT2D eigenvalue weighted by Crippen LogP contribution is -2.07. The predicted octanol–water partition coefficient (Wildman–Crippen LogP) is 4.62. The van der Waals surface area contributed by atoms with Gasteiger partial charge in [-0.1, -0.05) is 30.3 Å². The van der Waals surface area contributed by atoms with E-state index in [1.807, 2.05) is 12.1 Å². The Morgan fingerprint density at radius 2 is 1.85 bits per heavy atom. The Labute approximate surface area is 153 Å². The summed E-state index contributed by atoms with van der Waals surface area (Å²) in [4.78, 5) is 27.1. The Kier molecular flexibility index (Phi) is 4.10. The third kappa shape index (κ3) is 3.25. The van der Waals surface area contributed by atoms with E-state index in [2.05, 4.69) is 4.98 Å². The number of furan rings is 1. The summed E-state index contributed by atoms with van der Waals surface area (Å²) in [6, 6.07) is 18.0. The van der Waals surface area contributed by atoms with Crippen LogP contribution in [0.1, 0.15) is 10.6 Å². The molecule has 4 aromatic rings. The van der Waals surface area contributed by atoms with Gasteiger partial charge in [0.05, 0.1) is 4.92 Å². The molecule has 4 rings (SSSR count). The molecule has 0 radical (unpaired) electrons. The van der Waals surface area contributed by atoms with Crippen LogP contribution in [0, 0.1) is 10.1 Å². The number of nitro benzene ring substituents is 1. The quantitative estimate of drug-likeness (QED) is 0.228. The van der Waals surface area contributed by atoms with Gasteiger partial charge in [0.1, 0.15) is 11.3 Å². The van der Waals surface area contributed by atoms with Crippen LogP contribution >= 0.6 is 0 Å². The Balaban J connectivity index is 1.60. The van der Waals surface area contributed by atoms with Crippen molar-refractivity contribution in [3.05, 3.63) is 88.8 Å². The summed E-state index contributed by atoms with van der Waals surface area (Å²) in [5.41, 5.74) is 1.00. The van der Waals surface area contributed by atoms with Crippen molar-refractivity contribution >= 4 is 22.6 Å². The van der Waals surface area contributed by atoms with Crippen LogP contribution in [0.3, 0.4) is 0 Å². The Hall–Kier alpha value is -4.00. The molecule has 7 heteroatoms. The molecule has 132 valence electrons. The van der Waals surface area contributed by atoms with E-state index >= 15 is 0 Å². The summed E-state index contributed by atoms with van der Waals surface area (Å²) in [5, 5.41) is 11.7. The second kappa shape index (κ2) is 6.72. The molecule has 2 heterocycles. The number of fused-ring (bicyclic) bond motifs is 1. The van der Waals surface area contributed by atoms with Crippen LogP contribution < -0.4 is 4.74 Å². The number of hydrogen-bond acceptors (Lipinski definition) is 6. The van der Waals surface area contributed by atoms with Gasteiger partial charge in [-0.2, -0.15) is 0 Å². The van der Waals surface area contributed by atoms with E-state index in [-0.39, 0.29) is 11.4 Å². The van der Waals surface area contributed by atoms with Crippen molar-refractivity contribution in [1.82, 2.24) is 4.98 Å². The Morgan fingerprint density at radius 1 is 1.04 bits per heavy atom. The number of carbonyl (C=O) groups excluding carboxylic acids is 1. The molecule has 0 spiro atoms. The zero-order valence-electron chi connectivity index (χ0n) is 13.9. The van der Waals surface area contributed by atoms with Crippen molar-refractivity contribution in [2.75, 3.05) is 0 Å². The number of carbonyl (C=O) groups is 1. The van der Waals surface area contributed by atoms with Gasteiger partial charge < -0.3 is 9.15 Å². The molecule has 0 fully saturated rings. The van der Waals surface area contributed by atoms with Gasteiger partial charge in [0, 0.05) is 29.3 Å². The number of benzene rings is 2. The van der Waals surface area contributed by atoms with Crippen LogP contribution in [0.5, 0.6) is 5.75 Å². The fourth-order valence-corrected chi connectivity index (χ4v) is 2.68. The molecular weight excluding hydrogens is 348 g/mol. The SMILES string of the molecule is O=C(Oc1cccc2cccnc12)c1ccc(-c2cccc([N+](=O)[O-])c2)o1. The number of para-hydroxylation sites is 1. The summed E-state index contributed by atoms with van der Waals surface area (Å²) in [6.45, 7) is 0. The van der Waals surface area contributed by atoms with E-state index in [9.17, 15) is 14.9 Å². The fraction of sp³-hybridized carbons (Fsp3) is 0. The number of hydrogen-bond donors (Lipinski definition) is 0. The molecule has 2 aromatic carbocycles. The third-order valence-corrected chi connectivity index (χ3v) is 3.95. The first-order chi connectivity index (χ1) is 13.1. The van der Waals surface area contributed by atoms with Gasteiger partial charge in [0.15, 0.2) is 5.75 Å². The lowest BCUT2D eigenvalue weighted by atomic mass is 10.1. The standard InChI is InChI=1S/C20H12N2O5/c23-20(27-17-8-2-4-13-6-3-11-21-19(13)17)18-10-9-16(26-18)14-5-1-7-15(12-14)22(24)25/h1-12H. The van der Waals surface area contributed by atoms with Crippen molar-refractivity contribution in [3.8, 4) is 17.1 Å². The lowest BCUT2D eigenvalue weighted by Gasteiger charge is -2.05. The van der Waals surface area contributed by atoms with Crippen LogP contribution in [-0.2, 0) is 0 Å². The molecule has 0 atom stereocenters. The normalized spacial score (nSPS) is 10.7. The van der Waals surface area contributed by atoms with Crippen molar-refractivity contribution in [1.29, 1.82) is 0 Å². The van der Waals surface area contributed by atoms with Crippen LogP contribution in [0.4, 0.5) is 5.69 Å². The summed E-state index contributed by atoms with van der Waals surface area (Å²) in [5.74, 6) is -0.0256. The minimum atomic E-state index is -0.676. The molecule has 0 amide bonds. The number of esters is 1. The summed E-state index contributed by atoms with van der Waals surface area (Å²) in [6.07, 6.45) is 1.62. The zero-order chi connectivity index (χ0) is 18.8. The monoisotopic (exact) mass is 360 g/mol. The molecule has 0 saturated heterocycles. The van der Waals surface area contributed by atoms with E-state index in [0.717, 1.165) is 5.39 Å². The number of pyridine rings is 1. The second-order valence-corrected chi connectivity index (χ2v) is 5.69. The first-order valence-electron chi connectivity index (χ1n) is 8.02. The summed E-state index contributed by atoms with van der Waals surface area (Å²) >= 11 is 0. The van der Waals surface area contributed by atoms with Gasteiger partial charge in [-0.05, 0) is 24.3 Å². The highest BCUT2D eigenvalue weighted by molar-refractivity contribution is 5.92. The largest absolute Gasteiger partial charge is 0.449 e.